The molecule has 4 nitrogen and oxygen atoms in total. The fourth-order valence-electron chi connectivity index (χ4n) is 2.17. The Morgan fingerprint density at radius 1 is 1.04 bits per heavy atom. The normalized spacial score (nSPS) is 11.6. The van der Waals surface area contributed by atoms with Crippen molar-refractivity contribution in [1.82, 2.24) is 5.32 Å². The van der Waals surface area contributed by atoms with Gasteiger partial charge in [0, 0.05) is 5.56 Å². The number of rotatable bonds is 5. The Kier molecular flexibility index (Phi) is 5.37. The van der Waals surface area contributed by atoms with Crippen LogP contribution in [0.2, 0.25) is 0 Å². The van der Waals surface area contributed by atoms with Gasteiger partial charge in [0.2, 0.25) is 0 Å². The fourth-order valence-corrected chi connectivity index (χ4v) is 2.17. The van der Waals surface area contributed by atoms with Crippen LogP contribution in [0.3, 0.4) is 0 Å². The predicted octanol–water partition coefficient (Wildman–Crippen LogP) is 3.84. The highest BCUT2D eigenvalue weighted by Gasteiger charge is 2.11. The van der Waals surface area contributed by atoms with Gasteiger partial charge in [-0.15, -0.1) is 0 Å². The van der Waals surface area contributed by atoms with E-state index in [0.29, 0.717) is 11.1 Å². The van der Waals surface area contributed by atoms with Crippen molar-refractivity contribution in [1.29, 1.82) is 5.26 Å². The third-order valence-corrected chi connectivity index (χ3v) is 3.38. The molecule has 1 unspecified atom stereocenters. The molecule has 0 heterocycles. The summed E-state index contributed by atoms with van der Waals surface area (Å²) in [5.41, 5.74) is 2.08. The predicted molar refractivity (Wildman–Crippen MR) is 89.2 cm³/mol. The lowest BCUT2D eigenvalue weighted by molar-refractivity contribution is 0.0940. The molecule has 0 fully saturated rings. The number of hydrogen-bond acceptors (Lipinski definition) is 3. The Bertz CT molecular complexity index is 698. The zero-order valence-electron chi connectivity index (χ0n) is 13.5. The minimum absolute atomic E-state index is 0.119. The Morgan fingerprint density at radius 2 is 1.65 bits per heavy atom. The standard InChI is InChI=1S/C19H20N2O2/c1-13(2)23-18-10-8-16(9-11-18)14(3)21-19(22)17-6-4-15(12-20)5-7-17/h4-11,13-14H,1-3H3,(H,21,22). The molecule has 0 bridgehead atoms. The lowest BCUT2D eigenvalue weighted by Crippen LogP contribution is -2.26. The molecule has 0 radical (unpaired) electrons. The molecule has 118 valence electrons. The molecular weight excluding hydrogens is 288 g/mol. The van der Waals surface area contributed by atoms with Crippen LogP contribution < -0.4 is 10.1 Å². The quantitative estimate of drug-likeness (QED) is 0.913. The summed E-state index contributed by atoms with van der Waals surface area (Å²) in [6.07, 6.45) is 0.134. The highest BCUT2D eigenvalue weighted by atomic mass is 16.5. The first kappa shape index (κ1) is 16.6. The zero-order valence-corrected chi connectivity index (χ0v) is 13.5. The summed E-state index contributed by atoms with van der Waals surface area (Å²) in [4.78, 5) is 12.2. The first-order valence-corrected chi connectivity index (χ1v) is 7.57. The smallest absolute Gasteiger partial charge is 0.251 e. The second kappa shape index (κ2) is 7.46. The zero-order chi connectivity index (χ0) is 16.8. The van der Waals surface area contributed by atoms with Crippen LogP contribution >= 0.6 is 0 Å². The second-order valence-corrected chi connectivity index (χ2v) is 5.62. The van der Waals surface area contributed by atoms with Gasteiger partial charge in [0.05, 0.1) is 23.8 Å². The molecule has 1 N–H and O–H groups in total. The van der Waals surface area contributed by atoms with Crippen molar-refractivity contribution in [2.75, 3.05) is 0 Å². The van der Waals surface area contributed by atoms with Gasteiger partial charge in [-0.2, -0.15) is 5.26 Å². The lowest BCUT2D eigenvalue weighted by Gasteiger charge is -2.16. The topological polar surface area (TPSA) is 62.1 Å². The van der Waals surface area contributed by atoms with Gasteiger partial charge in [-0.25, -0.2) is 0 Å². The molecule has 2 aromatic rings. The molecule has 0 spiro atoms. The third-order valence-electron chi connectivity index (χ3n) is 3.38. The number of hydrogen-bond donors (Lipinski definition) is 1. The van der Waals surface area contributed by atoms with Crippen LogP contribution in [-0.2, 0) is 0 Å². The van der Waals surface area contributed by atoms with E-state index in [-0.39, 0.29) is 18.1 Å². The van der Waals surface area contributed by atoms with Crippen molar-refractivity contribution in [2.24, 2.45) is 0 Å². The molecule has 0 aliphatic rings. The molecule has 4 heteroatoms. The summed E-state index contributed by atoms with van der Waals surface area (Å²) in [5, 5.41) is 11.7. The first-order chi connectivity index (χ1) is 11.0. The van der Waals surface area contributed by atoms with E-state index >= 15 is 0 Å². The molecule has 1 amide bonds. The molecule has 2 rings (SSSR count). The van der Waals surface area contributed by atoms with Crippen LogP contribution in [0.5, 0.6) is 5.75 Å². The number of carbonyl (C=O) groups excluding carboxylic acids is 1. The van der Waals surface area contributed by atoms with Crippen LogP contribution in [0.25, 0.3) is 0 Å². The molecule has 1 atom stereocenters. The molecule has 0 aromatic heterocycles. The van der Waals surface area contributed by atoms with Crippen LogP contribution in [0.15, 0.2) is 48.5 Å². The Labute approximate surface area is 136 Å². The summed E-state index contributed by atoms with van der Waals surface area (Å²) >= 11 is 0. The van der Waals surface area contributed by atoms with Crippen molar-refractivity contribution >= 4 is 5.91 Å². The molecule has 0 saturated heterocycles. The molecule has 0 saturated carbocycles. The fraction of sp³-hybridized carbons (Fsp3) is 0.263. The van der Waals surface area contributed by atoms with Crippen molar-refractivity contribution in [3.8, 4) is 11.8 Å². The Balaban J connectivity index is 2.01. The number of nitriles is 1. The maximum atomic E-state index is 12.2. The highest BCUT2D eigenvalue weighted by Crippen LogP contribution is 2.19. The van der Waals surface area contributed by atoms with E-state index in [2.05, 4.69) is 5.32 Å². The minimum atomic E-state index is -0.163. The van der Waals surface area contributed by atoms with E-state index in [1.165, 1.54) is 0 Å². The van der Waals surface area contributed by atoms with Crippen LogP contribution in [-0.4, -0.2) is 12.0 Å². The van der Waals surface area contributed by atoms with E-state index in [9.17, 15) is 4.79 Å². The van der Waals surface area contributed by atoms with E-state index in [4.69, 9.17) is 10.00 Å². The van der Waals surface area contributed by atoms with Gasteiger partial charge < -0.3 is 10.1 Å². The van der Waals surface area contributed by atoms with Crippen LogP contribution in [0.1, 0.15) is 48.3 Å². The second-order valence-electron chi connectivity index (χ2n) is 5.62. The SMILES string of the molecule is CC(C)Oc1ccc(C(C)NC(=O)c2ccc(C#N)cc2)cc1. The highest BCUT2D eigenvalue weighted by molar-refractivity contribution is 5.94. The van der Waals surface area contributed by atoms with Crippen LogP contribution in [0, 0.1) is 11.3 Å². The molecular formula is C19H20N2O2. The largest absolute Gasteiger partial charge is 0.491 e. The van der Waals surface area contributed by atoms with Crippen molar-refractivity contribution in [3.63, 3.8) is 0 Å². The molecule has 0 aliphatic heterocycles. The summed E-state index contributed by atoms with van der Waals surface area (Å²) in [5.74, 6) is 0.652. The van der Waals surface area contributed by atoms with E-state index < -0.39 is 0 Å². The van der Waals surface area contributed by atoms with Crippen molar-refractivity contribution < 1.29 is 9.53 Å². The number of nitrogens with one attached hydrogen (secondary N) is 1. The average Bonchev–Trinajstić information content (AvgIpc) is 2.55. The van der Waals surface area contributed by atoms with Gasteiger partial charge in [-0.1, -0.05) is 12.1 Å². The molecule has 23 heavy (non-hydrogen) atoms. The molecule has 2 aromatic carbocycles. The minimum Gasteiger partial charge on any atom is -0.491 e. The lowest BCUT2D eigenvalue weighted by atomic mass is 10.1. The molecule has 0 aliphatic carbocycles. The van der Waals surface area contributed by atoms with E-state index in [1.54, 1.807) is 24.3 Å². The number of nitrogens with zero attached hydrogens (tertiary/aromatic N) is 1. The third kappa shape index (κ3) is 4.58. The summed E-state index contributed by atoms with van der Waals surface area (Å²) in [6.45, 7) is 5.89. The van der Waals surface area contributed by atoms with Crippen molar-refractivity contribution in [2.45, 2.75) is 32.9 Å². The van der Waals surface area contributed by atoms with E-state index in [1.807, 2.05) is 51.1 Å². The van der Waals surface area contributed by atoms with Gasteiger partial charge in [0.1, 0.15) is 5.75 Å². The average molecular weight is 308 g/mol. The maximum Gasteiger partial charge on any atom is 0.251 e. The number of benzene rings is 2. The first-order valence-electron chi connectivity index (χ1n) is 7.57. The maximum absolute atomic E-state index is 12.2. The Morgan fingerprint density at radius 3 is 2.17 bits per heavy atom. The van der Waals surface area contributed by atoms with Crippen LogP contribution in [0.4, 0.5) is 0 Å². The monoisotopic (exact) mass is 308 g/mol. The number of ether oxygens (including phenoxy) is 1. The van der Waals surface area contributed by atoms with Gasteiger partial charge in [-0.3, -0.25) is 4.79 Å². The number of amides is 1. The Hall–Kier alpha value is -2.80. The summed E-state index contributed by atoms with van der Waals surface area (Å²) in [6, 6.07) is 16.2. The van der Waals surface area contributed by atoms with Gasteiger partial charge in [0.25, 0.3) is 5.91 Å². The number of carbonyl (C=O) groups is 1. The van der Waals surface area contributed by atoms with Crippen molar-refractivity contribution in [3.05, 3.63) is 65.2 Å². The van der Waals surface area contributed by atoms with Gasteiger partial charge >= 0.3 is 0 Å². The summed E-state index contributed by atoms with van der Waals surface area (Å²) < 4.78 is 5.61. The van der Waals surface area contributed by atoms with Gasteiger partial charge in [0.15, 0.2) is 0 Å². The van der Waals surface area contributed by atoms with E-state index in [0.717, 1.165) is 11.3 Å². The summed E-state index contributed by atoms with van der Waals surface area (Å²) in [7, 11) is 0. The van der Waals surface area contributed by atoms with Gasteiger partial charge in [-0.05, 0) is 62.7 Å².